The Bertz CT molecular complexity index is 1340. The molecule has 2 heterocycles. The van der Waals surface area contributed by atoms with Gasteiger partial charge in [-0.25, -0.2) is 4.98 Å². The van der Waals surface area contributed by atoms with Gasteiger partial charge in [-0.2, -0.15) is 4.98 Å². The number of hydrogen-bond acceptors (Lipinski definition) is 6. The highest BCUT2D eigenvalue weighted by Crippen LogP contribution is 2.40. The van der Waals surface area contributed by atoms with E-state index in [1.807, 2.05) is 73.8 Å². The molecule has 170 valence electrons. The Labute approximate surface area is 207 Å². The van der Waals surface area contributed by atoms with E-state index < -0.39 is 0 Å². The molecule has 0 saturated heterocycles. The summed E-state index contributed by atoms with van der Waals surface area (Å²) in [5, 5.41) is 3.72. The number of ether oxygens (including phenoxy) is 1. The largest absolute Gasteiger partial charge is 0.438 e. The van der Waals surface area contributed by atoms with Gasteiger partial charge in [0, 0.05) is 22.6 Å². The van der Waals surface area contributed by atoms with E-state index in [1.54, 1.807) is 11.8 Å². The summed E-state index contributed by atoms with van der Waals surface area (Å²) in [6.07, 6.45) is 2.71. The van der Waals surface area contributed by atoms with Gasteiger partial charge >= 0.3 is 0 Å². The number of hydrogen-bond donors (Lipinski definition) is 1. The summed E-state index contributed by atoms with van der Waals surface area (Å²) in [6.45, 7) is 2.02. The second-order valence-corrected chi connectivity index (χ2v) is 9.80. The van der Waals surface area contributed by atoms with Crippen molar-refractivity contribution < 1.29 is 9.53 Å². The maximum atomic E-state index is 12.7. The van der Waals surface area contributed by atoms with E-state index in [0.717, 1.165) is 38.7 Å². The van der Waals surface area contributed by atoms with Crippen molar-refractivity contribution >= 4 is 35.1 Å². The van der Waals surface area contributed by atoms with Crippen LogP contribution in [0.25, 0.3) is 11.4 Å². The van der Waals surface area contributed by atoms with Gasteiger partial charge in [-0.15, -0.1) is 11.8 Å². The first-order chi connectivity index (χ1) is 16.6. The molecule has 0 saturated carbocycles. The fraction of sp³-hybridized carbons (Fsp3) is 0.148. The molecule has 0 spiro atoms. The molecule has 0 radical (unpaired) electrons. The Balaban J connectivity index is 1.43. The molecular formula is C27H23N3O2S2. The summed E-state index contributed by atoms with van der Waals surface area (Å²) in [7, 11) is 0. The molecule has 3 aromatic carbocycles. The lowest BCUT2D eigenvalue weighted by atomic mass is 10.0. The maximum absolute atomic E-state index is 12.7. The first-order valence-electron chi connectivity index (χ1n) is 10.9. The van der Waals surface area contributed by atoms with Gasteiger partial charge in [0.15, 0.2) is 5.82 Å². The molecule has 1 aliphatic rings. The molecule has 0 bridgehead atoms. The van der Waals surface area contributed by atoms with Gasteiger partial charge in [0.2, 0.25) is 11.8 Å². The molecule has 1 aliphatic heterocycles. The second kappa shape index (κ2) is 9.91. The van der Waals surface area contributed by atoms with Crippen LogP contribution in [0.1, 0.15) is 16.7 Å². The van der Waals surface area contributed by atoms with Gasteiger partial charge in [-0.1, -0.05) is 59.8 Å². The van der Waals surface area contributed by atoms with Crippen LogP contribution in [-0.4, -0.2) is 27.9 Å². The van der Waals surface area contributed by atoms with E-state index >= 15 is 0 Å². The standard InChI is InChI=1S/C27H23N3O2S2/c1-17-7-11-20(12-8-17)28-24(31)16-34-27-22-15-19-5-3-4-6-23(19)32-26(22)29-25(30-27)18-9-13-21(33-2)14-10-18/h3-14H,15-16H2,1-2H3,(H,28,31). The number of amides is 1. The number of fused-ring (bicyclic) bond motifs is 2. The summed E-state index contributed by atoms with van der Waals surface area (Å²) >= 11 is 3.10. The molecular weight excluding hydrogens is 462 g/mol. The minimum Gasteiger partial charge on any atom is -0.438 e. The van der Waals surface area contributed by atoms with Crippen LogP contribution >= 0.6 is 23.5 Å². The van der Waals surface area contributed by atoms with Gasteiger partial charge in [-0.3, -0.25) is 4.79 Å². The Hall–Kier alpha value is -3.29. The zero-order valence-corrected chi connectivity index (χ0v) is 20.5. The van der Waals surface area contributed by atoms with Crippen LogP contribution in [0.5, 0.6) is 11.6 Å². The van der Waals surface area contributed by atoms with Crippen molar-refractivity contribution in [3.05, 3.63) is 89.5 Å². The fourth-order valence-electron chi connectivity index (χ4n) is 3.68. The smallest absolute Gasteiger partial charge is 0.234 e. The number of nitrogens with zero attached hydrogens (tertiary/aromatic N) is 2. The molecule has 1 aromatic heterocycles. The summed E-state index contributed by atoms with van der Waals surface area (Å²) in [4.78, 5) is 23.4. The van der Waals surface area contributed by atoms with Crippen molar-refractivity contribution in [1.82, 2.24) is 9.97 Å². The summed E-state index contributed by atoms with van der Waals surface area (Å²) in [5.74, 6) is 2.12. The molecule has 1 N–H and O–H groups in total. The maximum Gasteiger partial charge on any atom is 0.234 e. The van der Waals surface area contributed by atoms with Gasteiger partial charge in [-0.05, 0) is 49.1 Å². The summed E-state index contributed by atoms with van der Waals surface area (Å²) < 4.78 is 6.17. The van der Waals surface area contributed by atoms with Gasteiger partial charge < -0.3 is 10.1 Å². The number of carbonyl (C=O) groups is 1. The fourth-order valence-corrected chi connectivity index (χ4v) is 4.91. The van der Waals surface area contributed by atoms with Crippen LogP contribution in [0, 0.1) is 6.92 Å². The van der Waals surface area contributed by atoms with Crippen LogP contribution in [0.4, 0.5) is 5.69 Å². The lowest BCUT2D eigenvalue weighted by Crippen LogP contribution is -2.15. The molecule has 5 nitrogen and oxygen atoms in total. The van der Waals surface area contributed by atoms with Crippen molar-refractivity contribution in [3.63, 3.8) is 0 Å². The van der Waals surface area contributed by atoms with E-state index in [2.05, 4.69) is 17.4 Å². The Kier molecular flexibility index (Phi) is 6.56. The number of anilines is 1. The molecule has 0 unspecified atom stereocenters. The quantitative estimate of drug-likeness (QED) is 0.216. The monoisotopic (exact) mass is 485 g/mol. The lowest BCUT2D eigenvalue weighted by Gasteiger charge is -2.21. The highest BCUT2D eigenvalue weighted by molar-refractivity contribution is 8.00. The predicted molar refractivity (Wildman–Crippen MR) is 139 cm³/mol. The van der Waals surface area contributed by atoms with Crippen molar-refractivity contribution in [1.29, 1.82) is 0 Å². The third-order valence-electron chi connectivity index (χ3n) is 5.50. The average Bonchev–Trinajstić information content (AvgIpc) is 2.87. The molecule has 0 atom stereocenters. The zero-order valence-electron chi connectivity index (χ0n) is 18.9. The van der Waals surface area contributed by atoms with Crippen LogP contribution in [-0.2, 0) is 11.2 Å². The highest BCUT2D eigenvalue weighted by Gasteiger charge is 2.24. The van der Waals surface area contributed by atoms with Gasteiger partial charge in [0.1, 0.15) is 10.8 Å². The van der Waals surface area contributed by atoms with Crippen LogP contribution in [0.2, 0.25) is 0 Å². The summed E-state index contributed by atoms with van der Waals surface area (Å²) in [6, 6.07) is 23.9. The van der Waals surface area contributed by atoms with Crippen molar-refractivity contribution in [2.45, 2.75) is 23.3 Å². The molecule has 34 heavy (non-hydrogen) atoms. The topological polar surface area (TPSA) is 64.1 Å². The van der Waals surface area contributed by atoms with Gasteiger partial charge in [0.25, 0.3) is 0 Å². The third kappa shape index (κ3) is 4.95. The number of rotatable bonds is 6. The minimum absolute atomic E-state index is 0.0794. The molecule has 1 amide bonds. The van der Waals surface area contributed by atoms with Crippen molar-refractivity contribution in [3.8, 4) is 23.0 Å². The number of carbonyl (C=O) groups excluding carboxylic acids is 1. The number of thioether (sulfide) groups is 2. The number of para-hydroxylation sites is 1. The number of aryl methyl sites for hydroxylation is 1. The Morgan fingerprint density at radius 2 is 1.76 bits per heavy atom. The zero-order chi connectivity index (χ0) is 23.5. The van der Waals surface area contributed by atoms with E-state index in [-0.39, 0.29) is 11.7 Å². The van der Waals surface area contributed by atoms with Crippen LogP contribution in [0.3, 0.4) is 0 Å². The number of benzene rings is 3. The first-order valence-corrected chi connectivity index (χ1v) is 13.1. The molecule has 5 rings (SSSR count). The highest BCUT2D eigenvalue weighted by atomic mass is 32.2. The van der Waals surface area contributed by atoms with E-state index in [0.29, 0.717) is 18.1 Å². The molecule has 4 aromatic rings. The van der Waals surface area contributed by atoms with Crippen molar-refractivity contribution in [2.24, 2.45) is 0 Å². The molecule has 7 heteroatoms. The first kappa shape index (κ1) is 22.5. The predicted octanol–water partition coefficient (Wildman–Crippen LogP) is 6.60. The number of aromatic nitrogens is 2. The minimum atomic E-state index is -0.0794. The Morgan fingerprint density at radius 1 is 1.00 bits per heavy atom. The SMILES string of the molecule is CSc1ccc(-c2nc3c(c(SCC(=O)Nc4ccc(C)cc4)n2)Cc2ccccc2O3)cc1. The van der Waals surface area contributed by atoms with E-state index in [9.17, 15) is 4.79 Å². The average molecular weight is 486 g/mol. The third-order valence-corrected chi connectivity index (χ3v) is 7.26. The Morgan fingerprint density at radius 3 is 2.53 bits per heavy atom. The van der Waals surface area contributed by atoms with E-state index in [1.165, 1.54) is 16.7 Å². The van der Waals surface area contributed by atoms with Gasteiger partial charge in [0.05, 0.1) is 11.3 Å². The van der Waals surface area contributed by atoms with Crippen LogP contribution < -0.4 is 10.1 Å². The lowest BCUT2D eigenvalue weighted by molar-refractivity contribution is -0.113. The number of nitrogens with one attached hydrogen (secondary N) is 1. The summed E-state index contributed by atoms with van der Waals surface area (Å²) in [5.41, 5.74) is 4.85. The van der Waals surface area contributed by atoms with E-state index in [4.69, 9.17) is 14.7 Å². The normalized spacial score (nSPS) is 11.8. The molecule has 0 aliphatic carbocycles. The molecule has 0 fully saturated rings. The second-order valence-electron chi connectivity index (χ2n) is 7.95. The van der Waals surface area contributed by atoms with Crippen molar-refractivity contribution in [2.75, 3.05) is 17.3 Å². The van der Waals surface area contributed by atoms with Crippen LogP contribution in [0.15, 0.2) is 82.7 Å².